The molecule has 0 aliphatic heterocycles. The molecule has 0 spiro atoms. The van der Waals surface area contributed by atoms with Crippen molar-refractivity contribution >= 4 is 0 Å². The van der Waals surface area contributed by atoms with Crippen molar-refractivity contribution in [3.05, 3.63) is 70.8 Å². The van der Waals surface area contributed by atoms with E-state index in [9.17, 15) is 0 Å². The summed E-state index contributed by atoms with van der Waals surface area (Å²) in [5.41, 5.74) is 4.62. The van der Waals surface area contributed by atoms with E-state index in [1.165, 1.54) is 11.1 Å². The summed E-state index contributed by atoms with van der Waals surface area (Å²) < 4.78 is 0. The highest BCUT2D eigenvalue weighted by molar-refractivity contribution is 5.40. The molecule has 0 aliphatic rings. The van der Waals surface area contributed by atoms with Crippen LogP contribution in [0.1, 0.15) is 61.8 Å². The first-order valence-electron chi connectivity index (χ1n) is 8.63. The summed E-state index contributed by atoms with van der Waals surface area (Å²) in [5, 5.41) is 17.2. The monoisotopic (exact) mass is 344 g/mol. The van der Waals surface area contributed by atoms with Gasteiger partial charge in [-0.3, -0.25) is 10.5 Å². The van der Waals surface area contributed by atoms with Gasteiger partial charge in [-0.15, -0.1) is 0 Å². The summed E-state index contributed by atoms with van der Waals surface area (Å²) in [4.78, 5) is 8.50. The molecule has 0 heterocycles. The van der Waals surface area contributed by atoms with Crippen LogP contribution in [0, 0.1) is 0 Å². The van der Waals surface area contributed by atoms with Gasteiger partial charge in [0.05, 0.1) is 13.2 Å². The molecule has 0 fully saturated rings. The van der Waals surface area contributed by atoms with Crippen LogP contribution in [0.2, 0.25) is 0 Å². The van der Waals surface area contributed by atoms with Crippen LogP contribution in [0.4, 0.5) is 0 Å². The second kappa shape index (κ2) is 8.59. The van der Waals surface area contributed by atoms with Crippen molar-refractivity contribution in [2.24, 2.45) is 0 Å². The summed E-state index contributed by atoms with van der Waals surface area (Å²) in [6, 6.07) is 16.9. The van der Waals surface area contributed by atoms with Crippen molar-refractivity contribution in [2.45, 2.75) is 44.9 Å². The Kier molecular flexibility index (Phi) is 6.73. The van der Waals surface area contributed by atoms with E-state index in [4.69, 9.17) is 10.5 Å². The molecule has 4 nitrogen and oxygen atoms in total. The molecule has 2 rings (SSSR count). The molecule has 0 saturated heterocycles. The normalized spacial score (nSPS) is 14.3. The zero-order chi connectivity index (χ0) is 18.4. The lowest BCUT2D eigenvalue weighted by Gasteiger charge is -2.27. The van der Waals surface area contributed by atoms with E-state index in [-0.39, 0.29) is 17.3 Å². The average molecular weight is 344 g/mol. The number of hydrogen-bond acceptors (Lipinski definition) is 4. The van der Waals surface area contributed by atoms with E-state index in [0.29, 0.717) is 13.2 Å². The highest BCUT2D eigenvalue weighted by atomic mass is 17.1. The second-order valence-corrected chi connectivity index (χ2v) is 7.26. The highest BCUT2D eigenvalue weighted by Gasteiger charge is 2.23. The molecular weight excluding hydrogens is 316 g/mol. The lowest BCUT2D eigenvalue weighted by molar-refractivity contribution is -0.245. The number of hydrogen-bond donors (Lipinski definition) is 2. The third-order valence-corrected chi connectivity index (χ3v) is 5.05. The van der Waals surface area contributed by atoms with Crippen LogP contribution in [-0.4, -0.2) is 23.7 Å². The smallest absolute Gasteiger partial charge is 0.0885 e. The van der Waals surface area contributed by atoms with Crippen molar-refractivity contribution in [3.63, 3.8) is 0 Å². The third-order valence-electron chi connectivity index (χ3n) is 5.05. The maximum Gasteiger partial charge on any atom is 0.0885 e. The third kappa shape index (κ3) is 4.67. The van der Waals surface area contributed by atoms with Gasteiger partial charge in [-0.1, -0.05) is 76.2 Å². The van der Waals surface area contributed by atoms with Gasteiger partial charge in [-0.2, -0.15) is 0 Å². The first kappa shape index (κ1) is 19.6. The van der Waals surface area contributed by atoms with Crippen molar-refractivity contribution in [1.82, 2.24) is 0 Å². The molecule has 0 aromatic heterocycles. The predicted octanol–water partition coefficient (Wildman–Crippen LogP) is 5.20. The number of rotatable bonds is 8. The minimum atomic E-state index is -0.121. The maximum atomic E-state index is 8.60. The highest BCUT2D eigenvalue weighted by Crippen LogP contribution is 2.33. The quantitative estimate of drug-likeness (QED) is 0.510. The molecule has 2 unspecified atom stereocenters. The first-order valence-corrected chi connectivity index (χ1v) is 8.63. The minimum absolute atomic E-state index is 0.121. The first-order chi connectivity index (χ1) is 11.9. The summed E-state index contributed by atoms with van der Waals surface area (Å²) in [6.45, 7) is 9.04. The van der Waals surface area contributed by atoms with Gasteiger partial charge in [-0.05, 0) is 22.3 Å². The van der Waals surface area contributed by atoms with Gasteiger partial charge in [0.1, 0.15) is 0 Å². The van der Waals surface area contributed by atoms with E-state index in [1.54, 1.807) is 0 Å². The predicted molar refractivity (Wildman–Crippen MR) is 99.0 cm³/mol. The van der Waals surface area contributed by atoms with E-state index in [2.05, 4.69) is 72.2 Å². The van der Waals surface area contributed by atoms with Gasteiger partial charge >= 0.3 is 0 Å². The molecule has 0 saturated carbocycles. The molecule has 136 valence electrons. The number of benzene rings is 2. The van der Waals surface area contributed by atoms with E-state index in [1.807, 2.05) is 13.8 Å². The molecule has 0 amide bonds. The van der Waals surface area contributed by atoms with Crippen LogP contribution in [0.5, 0.6) is 0 Å². The molecule has 25 heavy (non-hydrogen) atoms. The fraction of sp³-hybridized carbons (Fsp3) is 0.429. The second-order valence-electron chi connectivity index (χ2n) is 7.26. The Bertz CT molecular complexity index is 589. The fourth-order valence-corrected chi connectivity index (χ4v) is 3.04. The molecule has 2 N–H and O–H groups in total. The van der Waals surface area contributed by atoms with Gasteiger partial charge in [-0.25, -0.2) is 9.78 Å². The molecule has 0 aliphatic carbocycles. The summed E-state index contributed by atoms with van der Waals surface area (Å²) >= 11 is 0. The van der Waals surface area contributed by atoms with Gasteiger partial charge in [0.15, 0.2) is 0 Å². The molecule has 0 radical (unpaired) electrons. The van der Waals surface area contributed by atoms with E-state index in [0.717, 1.165) is 11.1 Å². The molecule has 4 heteroatoms. The van der Waals surface area contributed by atoms with Gasteiger partial charge < -0.3 is 0 Å². The summed E-state index contributed by atoms with van der Waals surface area (Å²) in [5.74, 6) is 0.299. The van der Waals surface area contributed by atoms with E-state index >= 15 is 0 Å². The zero-order valence-electron chi connectivity index (χ0n) is 15.4. The fourth-order valence-electron chi connectivity index (χ4n) is 3.04. The topological polar surface area (TPSA) is 58.9 Å². The zero-order valence-corrected chi connectivity index (χ0v) is 15.4. The van der Waals surface area contributed by atoms with Crippen molar-refractivity contribution in [2.75, 3.05) is 13.2 Å². The van der Waals surface area contributed by atoms with Crippen molar-refractivity contribution in [3.8, 4) is 0 Å². The van der Waals surface area contributed by atoms with Gasteiger partial charge in [0.2, 0.25) is 0 Å². The Morgan fingerprint density at radius 1 is 0.720 bits per heavy atom. The van der Waals surface area contributed by atoms with Crippen LogP contribution in [0.25, 0.3) is 0 Å². The van der Waals surface area contributed by atoms with Crippen molar-refractivity contribution in [1.29, 1.82) is 0 Å². The average Bonchev–Trinajstić information content (AvgIpc) is 2.62. The Morgan fingerprint density at radius 2 is 1.04 bits per heavy atom. The minimum Gasteiger partial charge on any atom is -0.252 e. The molecular formula is C21H28O4. The summed E-state index contributed by atoms with van der Waals surface area (Å²) in [7, 11) is 0. The molecule has 2 aromatic rings. The lowest BCUT2D eigenvalue weighted by atomic mass is 9.77. The molecule has 0 bridgehead atoms. The van der Waals surface area contributed by atoms with Gasteiger partial charge in [0, 0.05) is 17.3 Å². The van der Waals surface area contributed by atoms with Crippen molar-refractivity contribution < 1.29 is 20.3 Å². The Morgan fingerprint density at radius 3 is 1.32 bits per heavy atom. The van der Waals surface area contributed by atoms with Crippen LogP contribution >= 0.6 is 0 Å². The Hall–Kier alpha value is -1.72. The summed E-state index contributed by atoms with van der Waals surface area (Å²) in [6.07, 6.45) is 0. The van der Waals surface area contributed by atoms with Crippen LogP contribution in [-0.2, 0) is 15.2 Å². The Labute approximate surface area is 149 Å². The van der Waals surface area contributed by atoms with Gasteiger partial charge in [0.25, 0.3) is 0 Å². The van der Waals surface area contributed by atoms with E-state index < -0.39 is 0 Å². The standard InChI is InChI=1S/C21H28O4/c1-15(13-24-22)17-5-9-19(10-6-17)21(3,4)20-11-7-18(8-12-20)16(2)14-25-23/h5-12,15-16,22-23H,13-14H2,1-4H3. The van der Waals surface area contributed by atoms with Crippen LogP contribution in [0.15, 0.2) is 48.5 Å². The maximum absolute atomic E-state index is 8.60. The SMILES string of the molecule is CC(COO)c1ccc(C(C)(C)c2ccc(C(C)COO)cc2)cc1. The van der Waals surface area contributed by atoms with Crippen LogP contribution < -0.4 is 0 Å². The lowest BCUT2D eigenvalue weighted by Crippen LogP contribution is -2.19. The van der Waals surface area contributed by atoms with Crippen LogP contribution in [0.3, 0.4) is 0 Å². The molecule has 2 aromatic carbocycles. The Balaban J connectivity index is 2.20. The largest absolute Gasteiger partial charge is 0.252 e. The molecule has 2 atom stereocenters.